The molecule has 1 aromatic rings. The van der Waals surface area contributed by atoms with Gasteiger partial charge in [0, 0.05) is 0 Å². The van der Waals surface area contributed by atoms with E-state index < -0.39 is 5.97 Å². The maximum absolute atomic E-state index is 11.1. The Morgan fingerprint density at radius 1 is 1.40 bits per heavy atom. The van der Waals surface area contributed by atoms with Crippen molar-refractivity contribution in [3.63, 3.8) is 0 Å². The van der Waals surface area contributed by atoms with Gasteiger partial charge in [-0.15, -0.1) is 0 Å². The molecule has 0 heterocycles. The molecule has 1 rings (SSSR count). The van der Waals surface area contributed by atoms with Crippen LogP contribution in [0.3, 0.4) is 0 Å². The second kappa shape index (κ2) is 4.97. The van der Waals surface area contributed by atoms with Crippen molar-refractivity contribution in [2.75, 3.05) is 7.11 Å². The van der Waals surface area contributed by atoms with Gasteiger partial charge in [0.1, 0.15) is 11.6 Å². The van der Waals surface area contributed by atoms with Gasteiger partial charge in [0.25, 0.3) is 0 Å². The van der Waals surface area contributed by atoms with E-state index in [1.54, 1.807) is 6.07 Å². The van der Waals surface area contributed by atoms with Gasteiger partial charge >= 0.3 is 5.97 Å². The van der Waals surface area contributed by atoms with Crippen LogP contribution in [0.25, 0.3) is 6.08 Å². The molecule has 0 spiro atoms. The van der Waals surface area contributed by atoms with E-state index in [-0.39, 0.29) is 5.57 Å². The van der Waals surface area contributed by atoms with Gasteiger partial charge in [0.15, 0.2) is 0 Å². The molecule has 0 saturated carbocycles. The molecule has 0 aliphatic heterocycles. The summed E-state index contributed by atoms with van der Waals surface area (Å²) in [6.07, 6.45) is 1.51. The number of hydrogen-bond acceptors (Lipinski definition) is 3. The fourth-order valence-electron chi connectivity index (χ4n) is 1.08. The minimum absolute atomic E-state index is 0.00125. The standard InChI is InChI=1S/C12H11NO2/c1-9-3-5-10(6-4-9)7-11(8-13)12(14)15-2/h3-7H,1-2H3. The van der Waals surface area contributed by atoms with Crippen molar-refractivity contribution in [2.45, 2.75) is 6.92 Å². The predicted octanol–water partition coefficient (Wildman–Crippen LogP) is 2.08. The van der Waals surface area contributed by atoms with Crippen molar-refractivity contribution in [1.29, 1.82) is 5.26 Å². The van der Waals surface area contributed by atoms with E-state index >= 15 is 0 Å². The Morgan fingerprint density at radius 3 is 2.47 bits per heavy atom. The lowest BCUT2D eigenvalue weighted by Gasteiger charge is -1.97. The van der Waals surface area contributed by atoms with Crippen LogP contribution >= 0.6 is 0 Å². The number of ether oxygens (including phenoxy) is 1. The first-order chi connectivity index (χ1) is 7.17. The number of hydrogen-bond donors (Lipinski definition) is 0. The molecule has 15 heavy (non-hydrogen) atoms. The molecule has 0 unspecified atom stereocenters. The highest BCUT2D eigenvalue weighted by atomic mass is 16.5. The summed E-state index contributed by atoms with van der Waals surface area (Å²) >= 11 is 0. The maximum atomic E-state index is 11.1. The lowest BCUT2D eigenvalue weighted by molar-refractivity contribution is -0.135. The lowest BCUT2D eigenvalue weighted by atomic mass is 10.1. The molecule has 3 nitrogen and oxygen atoms in total. The molecule has 0 N–H and O–H groups in total. The summed E-state index contributed by atoms with van der Waals surface area (Å²) in [6.45, 7) is 1.97. The van der Waals surface area contributed by atoms with E-state index in [9.17, 15) is 4.79 Å². The first-order valence-corrected chi connectivity index (χ1v) is 4.44. The van der Waals surface area contributed by atoms with Gasteiger partial charge in [-0.1, -0.05) is 29.8 Å². The largest absolute Gasteiger partial charge is 0.465 e. The summed E-state index contributed by atoms with van der Waals surface area (Å²) in [7, 11) is 1.25. The number of nitriles is 1. The zero-order valence-corrected chi connectivity index (χ0v) is 8.65. The van der Waals surface area contributed by atoms with Crippen LogP contribution in [-0.4, -0.2) is 13.1 Å². The number of benzene rings is 1. The van der Waals surface area contributed by atoms with Crippen LogP contribution in [-0.2, 0) is 9.53 Å². The van der Waals surface area contributed by atoms with Gasteiger partial charge in [0.05, 0.1) is 7.11 Å². The number of carbonyl (C=O) groups is 1. The average Bonchev–Trinajstić information content (AvgIpc) is 2.27. The zero-order valence-electron chi connectivity index (χ0n) is 8.65. The third kappa shape index (κ3) is 2.96. The third-order valence-corrected chi connectivity index (χ3v) is 1.91. The van der Waals surface area contributed by atoms with E-state index in [1.165, 1.54) is 13.2 Å². The minimum Gasteiger partial charge on any atom is -0.465 e. The molecule has 0 fully saturated rings. The van der Waals surface area contributed by atoms with Crippen LogP contribution in [0.15, 0.2) is 29.8 Å². The van der Waals surface area contributed by atoms with Gasteiger partial charge in [-0.2, -0.15) is 5.26 Å². The third-order valence-electron chi connectivity index (χ3n) is 1.91. The van der Waals surface area contributed by atoms with Crippen LogP contribution in [0.1, 0.15) is 11.1 Å². The summed E-state index contributed by atoms with van der Waals surface area (Å²) in [6, 6.07) is 9.32. The fraction of sp³-hybridized carbons (Fsp3) is 0.167. The van der Waals surface area contributed by atoms with Crippen molar-refractivity contribution in [3.05, 3.63) is 41.0 Å². The number of methoxy groups -OCH3 is 1. The Bertz CT molecular complexity index is 424. The number of rotatable bonds is 2. The molecule has 0 atom stereocenters. The fourth-order valence-corrected chi connectivity index (χ4v) is 1.08. The molecule has 0 amide bonds. The van der Waals surface area contributed by atoms with Gasteiger partial charge < -0.3 is 4.74 Å². The van der Waals surface area contributed by atoms with E-state index in [0.717, 1.165) is 11.1 Å². The predicted molar refractivity (Wildman–Crippen MR) is 56.8 cm³/mol. The number of carbonyl (C=O) groups excluding carboxylic acids is 1. The molecule has 0 aliphatic carbocycles. The molecule has 0 aromatic heterocycles. The Kier molecular flexibility index (Phi) is 3.64. The summed E-state index contributed by atoms with van der Waals surface area (Å²) < 4.78 is 4.47. The highest BCUT2D eigenvalue weighted by Gasteiger charge is 2.07. The number of aryl methyl sites for hydroxylation is 1. The van der Waals surface area contributed by atoms with Crippen molar-refractivity contribution >= 4 is 12.0 Å². The quantitative estimate of drug-likeness (QED) is 0.418. The molecule has 1 aromatic carbocycles. The minimum atomic E-state index is -0.613. The molecular formula is C12H11NO2. The second-order valence-corrected chi connectivity index (χ2v) is 3.07. The SMILES string of the molecule is COC(=O)C(C#N)=Cc1ccc(C)cc1. The Labute approximate surface area is 88.6 Å². The lowest BCUT2D eigenvalue weighted by Crippen LogP contribution is -2.02. The monoisotopic (exact) mass is 201 g/mol. The number of esters is 1. The Balaban J connectivity index is 3.00. The van der Waals surface area contributed by atoms with Crippen molar-refractivity contribution in [3.8, 4) is 6.07 Å². The van der Waals surface area contributed by atoms with Crippen molar-refractivity contribution < 1.29 is 9.53 Å². The molecular weight excluding hydrogens is 190 g/mol. The summed E-state index contributed by atoms with van der Waals surface area (Å²) in [5.41, 5.74) is 1.94. The van der Waals surface area contributed by atoms with E-state index in [2.05, 4.69) is 4.74 Å². The van der Waals surface area contributed by atoms with Crippen molar-refractivity contribution in [1.82, 2.24) is 0 Å². The average molecular weight is 201 g/mol. The first kappa shape index (κ1) is 11.0. The molecule has 3 heteroatoms. The summed E-state index contributed by atoms with van der Waals surface area (Å²) in [5, 5.41) is 8.72. The van der Waals surface area contributed by atoms with Crippen molar-refractivity contribution in [2.24, 2.45) is 0 Å². The van der Waals surface area contributed by atoms with Crippen LogP contribution in [0.2, 0.25) is 0 Å². The molecule has 76 valence electrons. The summed E-state index contributed by atoms with van der Waals surface area (Å²) in [4.78, 5) is 11.1. The van der Waals surface area contributed by atoms with Crippen LogP contribution < -0.4 is 0 Å². The maximum Gasteiger partial charge on any atom is 0.348 e. The molecule has 0 bridgehead atoms. The Hall–Kier alpha value is -2.08. The molecule has 0 saturated heterocycles. The van der Waals surface area contributed by atoms with Gasteiger partial charge in [-0.3, -0.25) is 0 Å². The van der Waals surface area contributed by atoms with Crippen LogP contribution in [0, 0.1) is 18.3 Å². The molecule has 0 radical (unpaired) electrons. The Morgan fingerprint density at radius 2 is 2.00 bits per heavy atom. The van der Waals surface area contributed by atoms with Gasteiger partial charge in [-0.05, 0) is 18.6 Å². The highest BCUT2D eigenvalue weighted by molar-refractivity contribution is 5.97. The van der Waals surface area contributed by atoms with Gasteiger partial charge in [0.2, 0.25) is 0 Å². The molecule has 0 aliphatic rings. The van der Waals surface area contributed by atoms with E-state index in [4.69, 9.17) is 5.26 Å². The van der Waals surface area contributed by atoms with E-state index in [0.29, 0.717) is 0 Å². The zero-order chi connectivity index (χ0) is 11.3. The summed E-state index contributed by atoms with van der Waals surface area (Å²) in [5.74, 6) is -0.613. The van der Waals surface area contributed by atoms with Gasteiger partial charge in [-0.25, -0.2) is 4.79 Å². The smallest absolute Gasteiger partial charge is 0.348 e. The highest BCUT2D eigenvalue weighted by Crippen LogP contribution is 2.09. The van der Waals surface area contributed by atoms with Crippen LogP contribution in [0.5, 0.6) is 0 Å². The first-order valence-electron chi connectivity index (χ1n) is 4.44. The van der Waals surface area contributed by atoms with Crippen LogP contribution in [0.4, 0.5) is 0 Å². The van der Waals surface area contributed by atoms with E-state index in [1.807, 2.05) is 31.2 Å². The topological polar surface area (TPSA) is 50.1 Å². The number of nitrogens with zero attached hydrogens (tertiary/aromatic N) is 1. The normalized spacial score (nSPS) is 10.6. The second-order valence-electron chi connectivity index (χ2n) is 3.07.